The van der Waals surface area contributed by atoms with E-state index < -0.39 is 17.8 Å². The van der Waals surface area contributed by atoms with Crippen LogP contribution in [0.15, 0.2) is 70.7 Å². The molecule has 8 heteroatoms. The predicted octanol–water partition coefficient (Wildman–Crippen LogP) is 4.14. The minimum absolute atomic E-state index is 0.237. The zero-order chi connectivity index (χ0) is 21.3. The number of furan rings is 1. The Morgan fingerprint density at radius 1 is 1.03 bits per heavy atom. The van der Waals surface area contributed by atoms with Gasteiger partial charge in [0.2, 0.25) is 0 Å². The van der Waals surface area contributed by atoms with Gasteiger partial charge >= 0.3 is 6.03 Å². The number of amides is 4. The number of benzene rings is 2. The van der Waals surface area contributed by atoms with Crippen LogP contribution >= 0.6 is 11.6 Å². The molecule has 30 heavy (non-hydrogen) atoms. The monoisotopic (exact) mass is 417 g/mol. The number of rotatable bonds is 3. The number of carbonyl (C=O) groups is 3. The Morgan fingerprint density at radius 2 is 1.80 bits per heavy atom. The summed E-state index contributed by atoms with van der Waals surface area (Å²) in [5.74, 6) is -0.854. The molecule has 7 nitrogen and oxygen atoms in total. The quantitative estimate of drug-likeness (QED) is 0.509. The van der Waals surface area contributed by atoms with Crippen LogP contribution in [0, 0.1) is 11.3 Å². The van der Waals surface area contributed by atoms with Gasteiger partial charge in [-0.25, -0.2) is 9.69 Å². The second kappa shape index (κ2) is 7.70. The molecule has 0 unspecified atom stereocenters. The molecule has 0 radical (unpaired) electrons. The molecule has 1 aliphatic heterocycles. The highest BCUT2D eigenvalue weighted by Gasteiger charge is 2.37. The number of barbiturate groups is 1. The van der Waals surface area contributed by atoms with Gasteiger partial charge in [0.25, 0.3) is 11.8 Å². The van der Waals surface area contributed by atoms with E-state index in [2.05, 4.69) is 5.32 Å². The minimum atomic E-state index is -0.859. The lowest BCUT2D eigenvalue weighted by molar-refractivity contribution is -0.122. The second-order valence-electron chi connectivity index (χ2n) is 6.33. The summed E-state index contributed by atoms with van der Waals surface area (Å²) >= 11 is 5.95. The van der Waals surface area contributed by atoms with E-state index in [9.17, 15) is 14.4 Å². The van der Waals surface area contributed by atoms with Crippen LogP contribution in [0.2, 0.25) is 5.02 Å². The molecule has 1 fully saturated rings. The molecule has 4 amide bonds. The molecule has 0 saturated carbocycles. The number of halogens is 1. The summed E-state index contributed by atoms with van der Waals surface area (Å²) in [5.41, 5.74) is 1.23. The largest absolute Gasteiger partial charge is 0.457 e. The second-order valence-corrected chi connectivity index (χ2v) is 6.77. The van der Waals surface area contributed by atoms with Gasteiger partial charge in [-0.15, -0.1) is 0 Å². The van der Waals surface area contributed by atoms with Gasteiger partial charge in [0.1, 0.15) is 17.1 Å². The van der Waals surface area contributed by atoms with Crippen LogP contribution in [0.1, 0.15) is 11.3 Å². The van der Waals surface area contributed by atoms with E-state index in [0.717, 1.165) is 10.5 Å². The highest BCUT2D eigenvalue weighted by Crippen LogP contribution is 2.27. The topological polar surface area (TPSA) is 103 Å². The van der Waals surface area contributed by atoms with Crippen molar-refractivity contribution in [1.82, 2.24) is 5.32 Å². The van der Waals surface area contributed by atoms with Crippen LogP contribution in [0.4, 0.5) is 10.5 Å². The zero-order valence-electron chi connectivity index (χ0n) is 15.3. The molecular weight excluding hydrogens is 406 g/mol. The number of nitrogens with zero attached hydrogens (tertiary/aromatic N) is 2. The van der Waals surface area contributed by atoms with E-state index >= 15 is 0 Å². The third kappa shape index (κ3) is 3.60. The molecule has 1 N–H and O–H groups in total. The molecule has 2 aromatic carbocycles. The normalized spacial score (nSPS) is 15.3. The summed E-state index contributed by atoms with van der Waals surface area (Å²) in [7, 11) is 0. The number of urea groups is 1. The molecule has 2 heterocycles. The van der Waals surface area contributed by atoms with Crippen molar-refractivity contribution >= 4 is 41.2 Å². The van der Waals surface area contributed by atoms with E-state index in [1.54, 1.807) is 48.5 Å². The van der Waals surface area contributed by atoms with Crippen molar-refractivity contribution in [3.05, 3.63) is 82.6 Å². The number of hydrogen-bond acceptors (Lipinski definition) is 5. The number of anilines is 1. The summed E-state index contributed by atoms with van der Waals surface area (Å²) < 4.78 is 5.71. The van der Waals surface area contributed by atoms with E-state index in [4.69, 9.17) is 21.3 Å². The molecule has 3 aromatic rings. The van der Waals surface area contributed by atoms with E-state index in [-0.39, 0.29) is 17.0 Å². The Labute approximate surface area is 175 Å². The Balaban J connectivity index is 1.66. The molecule has 146 valence electrons. The summed E-state index contributed by atoms with van der Waals surface area (Å²) in [6.07, 6.45) is 1.27. The fourth-order valence-corrected chi connectivity index (χ4v) is 3.13. The lowest BCUT2D eigenvalue weighted by Crippen LogP contribution is -2.54. The molecule has 4 rings (SSSR count). The highest BCUT2D eigenvalue weighted by molar-refractivity contribution is 6.39. The van der Waals surface area contributed by atoms with Gasteiger partial charge < -0.3 is 4.42 Å². The number of nitriles is 1. The molecule has 1 aromatic heterocycles. The van der Waals surface area contributed by atoms with Crippen molar-refractivity contribution in [3.8, 4) is 17.4 Å². The Bertz CT molecular complexity index is 1250. The van der Waals surface area contributed by atoms with Gasteiger partial charge in [0, 0.05) is 10.6 Å². The number of carbonyl (C=O) groups excluding carboxylic acids is 3. The first-order valence-electron chi connectivity index (χ1n) is 8.73. The summed E-state index contributed by atoms with van der Waals surface area (Å²) in [6.45, 7) is 0. The smallest absolute Gasteiger partial charge is 0.335 e. The lowest BCUT2D eigenvalue weighted by atomic mass is 10.1. The Morgan fingerprint density at radius 3 is 2.50 bits per heavy atom. The molecule has 1 aliphatic rings. The van der Waals surface area contributed by atoms with Crippen molar-refractivity contribution in [3.63, 3.8) is 0 Å². The SMILES string of the molecule is N#Cc1ccc(-c2ccc(/C=C3/C(=O)NC(=O)N(c4cccc(Cl)c4)C3=O)o2)cc1. The summed E-state index contributed by atoms with van der Waals surface area (Å²) in [5, 5.41) is 11.4. The average molecular weight is 418 g/mol. The van der Waals surface area contributed by atoms with Gasteiger partial charge in [-0.05, 0) is 60.7 Å². The van der Waals surface area contributed by atoms with Crippen LogP contribution < -0.4 is 10.2 Å². The first-order valence-corrected chi connectivity index (χ1v) is 9.11. The van der Waals surface area contributed by atoms with Gasteiger partial charge in [0.15, 0.2) is 0 Å². The van der Waals surface area contributed by atoms with Crippen molar-refractivity contribution in [2.45, 2.75) is 0 Å². The molecule has 1 saturated heterocycles. The van der Waals surface area contributed by atoms with E-state index in [1.807, 2.05) is 6.07 Å². The fraction of sp³-hybridized carbons (Fsp3) is 0. The van der Waals surface area contributed by atoms with E-state index in [1.165, 1.54) is 18.2 Å². The maximum Gasteiger partial charge on any atom is 0.335 e. The van der Waals surface area contributed by atoms with Crippen molar-refractivity contribution in [2.24, 2.45) is 0 Å². The van der Waals surface area contributed by atoms with Crippen LogP contribution in [0.25, 0.3) is 17.4 Å². The predicted molar refractivity (Wildman–Crippen MR) is 109 cm³/mol. The van der Waals surface area contributed by atoms with Gasteiger partial charge in [-0.1, -0.05) is 17.7 Å². The third-order valence-corrected chi connectivity index (χ3v) is 4.62. The van der Waals surface area contributed by atoms with Gasteiger partial charge in [-0.2, -0.15) is 5.26 Å². The lowest BCUT2D eigenvalue weighted by Gasteiger charge is -2.26. The van der Waals surface area contributed by atoms with Gasteiger partial charge in [0.05, 0.1) is 17.3 Å². The van der Waals surface area contributed by atoms with Crippen molar-refractivity contribution in [1.29, 1.82) is 5.26 Å². The summed E-state index contributed by atoms with van der Waals surface area (Å²) in [6, 6.07) is 17.4. The van der Waals surface area contributed by atoms with Crippen LogP contribution in [-0.4, -0.2) is 17.8 Å². The first-order chi connectivity index (χ1) is 14.5. The maximum atomic E-state index is 12.9. The first kappa shape index (κ1) is 19.2. The van der Waals surface area contributed by atoms with Crippen molar-refractivity contribution < 1.29 is 18.8 Å². The number of hydrogen-bond donors (Lipinski definition) is 1. The summed E-state index contributed by atoms with van der Waals surface area (Å²) in [4.78, 5) is 38.2. The Hall–Kier alpha value is -4.15. The molecule has 0 atom stereocenters. The zero-order valence-corrected chi connectivity index (χ0v) is 16.0. The minimum Gasteiger partial charge on any atom is -0.457 e. The van der Waals surface area contributed by atoms with E-state index in [0.29, 0.717) is 16.3 Å². The molecule has 0 aliphatic carbocycles. The third-order valence-electron chi connectivity index (χ3n) is 4.38. The van der Waals surface area contributed by atoms with Crippen LogP contribution in [0.3, 0.4) is 0 Å². The molecule has 0 bridgehead atoms. The molecular formula is C22H12ClN3O4. The van der Waals surface area contributed by atoms with Crippen LogP contribution in [-0.2, 0) is 9.59 Å². The number of nitrogens with one attached hydrogen (secondary N) is 1. The Kier molecular flexibility index (Phi) is 4.92. The van der Waals surface area contributed by atoms with Crippen LogP contribution in [0.5, 0.6) is 0 Å². The fourth-order valence-electron chi connectivity index (χ4n) is 2.94. The van der Waals surface area contributed by atoms with Gasteiger partial charge in [-0.3, -0.25) is 14.9 Å². The number of imide groups is 2. The maximum absolute atomic E-state index is 12.9. The standard InChI is InChI=1S/C22H12ClN3O4/c23-15-2-1-3-16(10-15)26-21(28)18(20(27)25-22(26)29)11-17-8-9-19(30-17)14-6-4-13(12-24)5-7-14/h1-11H,(H,25,27,29)/b18-11-. The molecule has 0 spiro atoms. The average Bonchev–Trinajstić information content (AvgIpc) is 3.20. The highest BCUT2D eigenvalue weighted by atomic mass is 35.5. The van der Waals surface area contributed by atoms with Crippen molar-refractivity contribution in [2.75, 3.05) is 4.90 Å².